The van der Waals surface area contributed by atoms with E-state index in [0.717, 1.165) is 37.4 Å². The van der Waals surface area contributed by atoms with Crippen LogP contribution in [0.2, 0.25) is 0 Å². The van der Waals surface area contributed by atoms with Gasteiger partial charge >= 0.3 is 0 Å². The Balaban J connectivity index is 1.91. The van der Waals surface area contributed by atoms with Crippen LogP contribution < -0.4 is 10.0 Å². The van der Waals surface area contributed by atoms with Crippen LogP contribution in [0.15, 0.2) is 0 Å². The van der Waals surface area contributed by atoms with Crippen molar-refractivity contribution in [1.29, 1.82) is 0 Å². The Morgan fingerprint density at radius 2 is 2.25 bits per heavy atom. The summed E-state index contributed by atoms with van der Waals surface area (Å²) in [5.41, 5.74) is 0. The summed E-state index contributed by atoms with van der Waals surface area (Å²) in [6, 6.07) is 0. The van der Waals surface area contributed by atoms with Gasteiger partial charge in [-0.1, -0.05) is 25.2 Å². The molecule has 0 radical (unpaired) electrons. The van der Waals surface area contributed by atoms with Crippen LogP contribution in [0.5, 0.6) is 0 Å². The molecule has 0 aromatic carbocycles. The standard InChI is InChI=1S/C12H22N4O2S2/c1-9(2)6-11-14-15-12(19-11)16-20(17,18)8-10-4-3-5-13-7-10/h9-10,13H,3-8H2,1-2H3,(H,15,16). The van der Waals surface area contributed by atoms with Crippen LogP contribution in [0, 0.1) is 11.8 Å². The maximum absolute atomic E-state index is 12.1. The second-order valence-electron chi connectivity index (χ2n) is 5.69. The average Bonchev–Trinajstić information content (AvgIpc) is 2.75. The molecule has 8 heteroatoms. The zero-order valence-electron chi connectivity index (χ0n) is 11.9. The molecule has 1 aromatic heterocycles. The van der Waals surface area contributed by atoms with Crippen molar-refractivity contribution in [3.8, 4) is 0 Å². The number of hydrogen-bond acceptors (Lipinski definition) is 6. The quantitative estimate of drug-likeness (QED) is 0.830. The number of hydrogen-bond donors (Lipinski definition) is 2. The Morgan fingerprint density at radius 3 is 2.90 bits per heavy atom. The van der Waals surface area contributed by atoms with Crippen LogP contribution in [0.1, 0.15) is 31.7 Å². The van der Waals surface area contributed by atoms with Gasteiger partial charge in [0.05, 0.1) is 5.75 Å². The van der Waals surface area contributed by atoms with Crippen LogP contribution in [0.3, 0.4) is 0 Å². The molecule has 1 aliphatic heterocycles. The lowest BCUT2D eigenvalue weighted by Crippen LogP contribution is -2.35. The lowest BCUT2D eigenvalue weighted by Gasteiger charge is -2.22. The molecule has 0 saturated carbocycles. The van der Waals surface area contributed by atoms with Gasteiger partial charge in [0.25, 0.3) is 0 Å². The highest BCUT2D eigenvalue weighted by atomic mass is 32.2. The van der Waals surface area contributed by atoms with E-state index in [0.29, 0.717) is 11.0 Å². The molecule has 0 bridgehead atoms. The number of nitrogens with zero attached hydrogens (tertiary/aromatic N) is 2. The van der Waals surface area contributed by atoms with Gasteiger partial charge in [0.15, 0.2) is 0 Å². The van der Waals surface area contributed by atoms with E-state index in [1.807, 2.05) is 0 Å². The first-order chi connectivity index (χ1) is 9.44. The Hall–Kier alpha value is -0.730. The van der Waals surface area contributed by atoms with Crippen LogP contribution in [0.4, 0.5) is 5.13 Å². The summed E-state index contributed by atoms with van der Waals surface area (Å²) in [5, 5.41) is 12.4. The Labute approximate surface area is 124 Å². The van der Waals surface area contributed by atoms with Crippen molar-refractivity contribution in [3.63, 3.8) is 0 Å². The fraction of sp³-hybridized carbons (Fsp3) is 0.833. The molecule has 1 atom stereocenters. The normalized spacial score (nSPS) is 20.2. The van der Waals surface area contributed by atoms with Crippen LogP contribution in [0.25, 0.3) is 0 Å². The monoisotopic (exact) mass is 318 g/mol. The molecule has 1 aromatic rings. The lowest BCUT2D eigenvalue weighted by atomic mass is 10.0. The van der Waals surface area contributed by atoms with Gasteiger partial charge in [0.2, 0.25) is 15.2 Å². The highest BCUT2D eigenvalue weighted by molar-refractivity contribution is 7.92. The maximum Gasteiger partial charge on any atom is 0.234 e. The zero-order chi connectivity index (χ0) is 14.6. The van der Waals surface area contributed by atoms with Gasteiger partial charge in [-0.2, -0.15) is 0 Å². The topological polar surface area (TPSA) is 84.0 Å². The number of aromatic nitrogens is 2. The molecule has 0 aliphatic carbocycles. The average molecular weight is 318 g/mol. The molecule has 0 amide bonds. The SMILES string of the molecule is CC(C)Cc1nnc(NS(=O)(=O)CC2CCCNC2)s1. The highest BCUT2D eigenvalue weighted by Crippen LogP contribution is 2.20. The molecule has 0 spiro atoms. The molecule has 114 valence electrons. The van der Waals surface area contributed by atoms with E-state index in [-0.39, 0.29) is 11.7 Å². The number of nitrogens with one attached hydrogen (secondary N) is 2. The molecule has 1 fully saturated rings. The summed E-state index contributed by atoms with van der Waals surface area (Å²) in [7, 11) is -3.33. The number of piperidine rings is 1. The van der Waals surface area contributed by atoms with Gasteiger partial charge in [0.1, 0.15) is 5.01 Å². The summed E-state index contributed by atoms with van der Waals surface area (Å²) in [4.78, 5) is 0. The van der Waals surface area contributed by atoms with Gasteiger partial charge < -0.3 is 5.32 Å². The van der Waals surface area contributed by atoms with Crippen molar-refractivity contribution >= 4 is 26.5 Å². The zero-order valence-corrected chi connectivity index (χ0v) is 13.6. The summed E-state index contributed by atoms with van der Waals surface area (Å²) < 4.78 is 26.7. The second kappa shape index (κ2) is 6.82. The lowest BCUT2D eigenvalue weighted by molar-refractivity contribution is 0.404. The fourth-order valence-electron chi connectivity index (χ4n) is 2.28. The predicted molar refractivity (Wildman–Crippen MR) is 81.5 cm³/mol. The van der Waals surface area contributed by atoms with Crippen molar-refractivity contribution in [1.82, 2.24) is 15.5 Å². The molecule has 1 aliphatic rings. The third-order valence-corrected chi connectivity index (χ3v) is 5.55. The van der Waals surface area contributed by atoms with Crippen molar-refractivity contribution in [3.05, 3.63) is 5.01 Å². The number of sulfonamides is 1. The van der Waals surface area contributed by atoms with Crippen molar-refractivity contribution in [2.24, 2.45) is 11.8 Å². The molecule has 1 unspecified atom stereocenters. The smallest absolute Gasteiger partial charge is 0.234 e. The predicted octanol–water partition coefficient (Wildman–Crippen LogP) is 1.48. The molecular weight excluding hydrogens is 296 g/mol. The summed E-state index contributed by atoms with van der Waals surface area (Å²) in [6.07, 6.45) is 2.83. The molecule has 6 nitrogen and oxygen atoms in total. The first-order valence-electron chi connectivity index (χ1n) is 6.98. The van der Waals surface area contributed by atoms with Gasteiger partial charge in [-0.3, -0.25) is 4.72 Å². The van der Waals surface area contributed by atoms with E-state index < -0.39 is 10.0 Å². The minimum atomic E-state index is -3.33. The summed E-state index contributed by atoms with van der Waals surface area (Å²) in [6.45, 7) is 5.96. The van der Waals surface area contributed by atoms with E-state index in [9.17, 15) is 8.42 Å². The fourth-order valence-corrected chi connectivity index (χ4v) is 4.92. The minimum Gasteiger partial charge on any atom is -0.316 e. The Morgan fingerprint density at radius 1 is 1.45 bits per heavy atom. The van der Waals surface area contributed by atoms with E-state index >= 15 is 0 Å². The molecule has 2 heterocycles. The Bertz CT molecular complexity index is 521. The summed E-state index contributed by atoms with van der Waals surface area (Å²) >= 11 is 1.32. The third kappa shape index (κ3) is 4.99. The van der Waals surface area contributed by atoms with Crippen LogP contribution in [-0.4, -0.2) is 37.5 Å². The van der Waals surface area contributed by atoms with Crippen molar-refractivity contribution in [2.75, 3.05) is 23.6 Å². The van der Waals surface area contributed by atoms with Crippen molar-refractivity contribution in [2.45, 2.75) is 33.1 Å². The third-order valence-electron chi connectivity index (χ3n) is 3.15. The number of anilines is 1. The summed E-state index contributed by atoms with van der Waals surface area (Å²) in [5.74, 6) is 0.823. The number of rotatable bonds is 6. The van der Waals surface area contributed by atoms with Crippen LogP contribution in [-0.2, 0) is 16.4 Å². The largest absolute Gasteiger partial charge is 0.316 e. The van der Waals surface area contributed by atoms with Gasteiger partial charge in [-0.15, -0.1) is 10.2 Å². The molecule has 20 heavy (non-hydrogen) atoms. The van der Waals surface area contributed by atoms with Gasteiger partial charge in [-0.05, 0) is 37.8 Å². The minimum absolute atomic E-state index is 0.152. The first-order valence-corrected chi connectivity index (χ1v) is 9.45. The highest BCUT2D eigenvalue weighted by Gasteiger charge is 2.22. The molecule has 1 saturated heterocycles. The van der Waals surface area contributed by atoms with E-state index in [1.54, 1.807) is 0 Å². The van der Waals surface area contributed by atoms with Crippen LogP contribution >= 0.6 is 11.3 Å². The van der Waals surface area contributed by atoms with E-state index in [1.165, 1.54) is 11.3 Å². The maximum atomic E-state index is 12.1. The van der Waals surface area contributed by atoms with Crippen molar-refractivity contribution < 1.29 is 8.42 Å². The first kappa shape index (κ1) is 15.7. The van der Waals surface area contributed by atoms with E-state index in [2.05, 4.69) is 34.1 Å². The molecule has 2 rings (SSSR count). The van der Waals surface area contributed by atoms with Gasteiger partial charge in [0, 0.05) is 6.42 Å². The second-order valence-corrected chi connectivity index (χ2v) is 8.52. The van der Waals surface area contributed by atoms with E-state index in [4.69, 9.17) is 0 Å². The molecular formula is C12H22N4O2S2. The molecule has 2 N–H and O–H groups in total. The Kier molecular flexibility index (Phi) is 5.34. The van der Waals surface area contributed by atoms with Gasteiger partial charge in [-0.25, -0.2) is 8.42 Å².